The number of anilines is 1. The largest absolute Gasteiger partial charge is 0.497 e. The molecule has 0 spiro atoms. The zero-order valence-corrected chi connectivity index (χ0v) is 17.4. The lowest BCUT2D eigenvalue weighted by Gasteiger charge is -2.20. The van der Waals surface area contributed by atoms with Crippen LogP contribution >= 0.6 is 23.1 Å². The van der Waals surface area contributed by atoms with Crippen LogP contribution < -0.4 is 14.8 Å². The van der Waals surface area contributed by atoms with Gasteiger partial charge in [-0.3, -0.25) is 4.79 Å². The van der Waals surface area contributed by atoms with Crippen LogP contribution in [0.2, 0.25) is 0 Å². The minimum Gasteiger partial charge on any atom is -0.497 e. The van der Waals surface area contributed by atoms with Gasteiger partial charge in [-0.25, -0.2) is 0 Å². The fourth-order valence-electron chi connectivity index (χ4n) is 3.65. The number of benzene rings is 1. The van der Waals surface area contributed by atoms with Gasteiger partial charge in [-0.05, 0) is 54.5 Å². The van der Waals surface area contributed by atoms with Gasteiger partial charge in [0.05, 0.1) is 24.8 Å². The molecule has 2 aliphatic rings. The van der Waals surface area contributed by atoms with E-state index in [4.69, 9.17) is 9.47 Å². The van der Waals surface area contributed by atoms with Crippen LogP contribution in [0.15, 0.2) is 23.1 Å². The summed E-state index contributed by atoms with van der Waals surface area (Å²) in [7, 11) is 3.20. The third kappa shape index (κ3) is 3.60. The molecule has 1 aliphatic heterocycles. The molecular weight excluding hydrogens is 378 g/mol. The first-order valence-corrected chi connectivity index (χ1v) is 10.9. The highest BCUT2D eigenvalue weighted by molar-refractivity contribution is 8.03. The number of nitrogens with one attached hydrogen (secondary N) is 1. The SMILES string of the molecule is COc1ccc(OC)c(NC(=O)C2=Cc3sc4c(c3CS2)CC[C@@H](C)C4)c1. The topological polar surface area (TPSA) is 47.6 Å². The van der Waals surface area contributed by atoms with Crippen molar-refractivity contribution in [2.45, 2.75) is 31.9 Å². The van der Waals surface area contributed by atoms with Crippen molar-refractivity contribution in [3.8, 4) is 11.5 Å². The molecule has 2 aromatic rings. The summed E-state index contributed by atoms with van der Waals surface area (Å²) < 4.78 is 10.6. The van der Waals surface area contributed by atoms with E-state index < -0.39 is 0 Å². The van der Waals surface area contributed by atoms with E-state index in [1.807, 2.05) is 17.4 Å². The fraction of sp³-hybridized carbons (Fsp3) is 0.381. The molecule has 0 bridgehead atoms. The van der Waals surface area contributed by atoms with Crippen molar-refractivity contribution >= 4 is 40.8 Å². The van der Waals surface area contributed by atoms with Crippen molar-refractivity contribution in [2.75, 3.05) is 19.5 Å². The number of thiophene rings is 1. The van der Waals surface area contributed by atoms with Gasteiger partial charge in [0.2, 0.25) is 0 Å². The quantitative estimate of drug-likeness (QED) is 0.773. The summed E-state index contributed by atoms with van der Waals surface area (Å²) in [6.45, 7) is 2.33. The van der Waals surface area contributed by atoms with Crippen LogP contribution in [0.5, 0.6) is 11.5 Å². The highest BCUT2D eigenvalue weighted by atomic mass is 32.2. The average Bonchev–Trinajstić information content (AvgIpc) is 3.04. The van der Waals surface area contributed by atoms with Crippen LogP contribution in [-0.2, 0) is 23.4 Å². The number of hydrogen-bond donors (Lipinski definition) is 1. The Morgan fingerprint density at radius 2 is 2.07 bits per heavy atom. The van der Waals surface area contributed by atoms with Gasteiger partial charge in [-0.2, -0.15) is 0 Å². The molecule has 1 aromatic heterocycles. The first-order valence-electron chi connectivity index (χ1n) is 9.10. The molecule has 1 aliphatic carbocycles. The number of thioether (sulfide) groups is 1. The summed E-state index contributed by atoms with van der Waals surface area (Å²) >= 11 is 3.49. The maximum Gasteiger partial charge on any atom is 0.262 e. The molecule has 1 N–H and O–H groups in total. The summed E-state index contributed by atoms with van der Waals surface area (Å²) in [5.74, 6) is 2.84. The van der Waals surface area contributed by atoms with Gasteiger partial charge in [0.25, 0.3) is 5.91 Å². The van der Waals surface area contributed by atoms with E-state index >= 15 is 0 Å². The van der Waals surface area contributed by atoms with Crippen LogP contribution in [0.25, 0.3) is 6.08 Å². The normalized spacial score (nSPS) is 18.2. The molecule has 0 fully saturated rings. The lowest BCUT2D eigenvalue weighted by molar-refractivity contribution is -0.112. The lowest BCUT2D eigenvalue weighted by atomic mass is 9.88. The minimum atomic E-state index is -0.100. The molecule has 0 saturated carbocycles. The molecule has 1 aromatic carbocycles. The summed E-state index contributed by atoms with van der Waals surface area (Å²) in [6.07, 6.45) is 5.68. The minimum absolute atomic E-state index is 0.100. The Balaban J connectivity index is 1.58. The number of amides is 1. The third-order valence-electron chi connectivity index (χ3n) is 5.17. The number of rotatable bonds is 4. The van der Waals surface area contributed by atoms with Crippen LogP contribution in [-0.4, -0.2) is 20.1 Å². The molecule has 4 nitrogen and oxygen atoms in total. The number of fused-ring (bicyclic) bond motifs is 3. The van der Waals surface area contributed by atoms with Crippen molar-refractivity contribution in [3.63, 3.8) is 0 Å². The zero-order valence-electron chi connectivity index (χ0n) is 15.8. The van der Waals surface area contributed by atoms with Gasteiger partial charge in [0.1, 0.15) is 11.5 Å². The van der Waals surface area contributed by atoms with E-state index in [9.17, 15) is 4.79 Å². The van der Waals surface area contributed by atoms with Gasteiger partial charge in [0.15, 0.2) is 0 Å². The molecule has 0 radical (unpaired) electrons. The molecule has 6 heteroatoms. The number of carbonyl (C=O) groups is 1. The molecule has 27 heavy (non-hydrogen) atoms. The molecule has 142 valence electrons. The van der Waals surface area contributed by atoms with Crippen LogP contribution in [0.1, 0.15) is 34.2 Å². The van der Waals surface area contributed by atoms with E-state index in [-0.39, 0.29) is 5.91 Å². The monoisotopic (exact) mass is 401 g/mol. The maximum absolute atomic E-state index is 12.8. The van der Waals surface area contributed by atoms with E-state index in [0.29, 0.717) is 17.2 Å². The van der Waals surface area contributed by atoms with Crippen LogP contribution in [0, 0.1) is 5.92 Å². The van der Waals surface area contributed by atoms with E-state index in [0.717, 1.165) is 16.6 Å². The van der Waals surface area contributed by atoms with Crippen molar-refractivity contribution in [2.24, 2.45) is 5.92 Å². The molecule has 1 atom stereocenters. The summed E-state index contributed by atoms with van der Waals surface area (Å²) in [6, 6.07) is 5.39. The smallest absolute Gasteiger partial charge is 0.262 e. The van der Waals surface area contributed by atoms with Gasteiger partial charge in [-0.1, -0.05) is 6.92 Å². The molecule has 1 amide bonds. The Kier molecular flexibility index (Phi) is 5.19. The van der Waals surface area contributed by atoms with E-state index in [1.165, 1.54) is 34.6 Å². The number of methoxy groups -OCH3 is 2. The van der Waals surface area contributed by atoms with Gasteiger partial charge < -0.3 is 14.8 Å². The predicted octanol–water partition coefficient (Wildman–Crippen LogP) is 5.12. The van der Waals surface area contributed by atoms with Crippen LogP contribution in [0.3, 0.4) is 0 Å². The molecule has 0 unspecified atom stereocenters. The molecule has 4 rings (SSSR count). The lowest BCUT2D eigenvalue weighted by Crippen LogP contribution is -2.15. The Morgan fingerprint density at radius 1 is 1.22 bits per heavy atom. The maximum atomic E-state index is 12.8. The van der Waals surface area contributed by atoms with Gasteiger partial charge >= 0.3 is 0 Å². The second-order valence-corrected chi connectivity index (χ2v) is 9.17. The summed E-state index contributed by atoms with van der Waals surface area (Å²) in [4.78, 5) is 16.4. The van der Waals surface area contributed by atoms with Crippen molar-refractivity contribution < 1.29 is 14.3 Å². The van der Waals surface area contributed by atoms with Gasteiger partial charge in [0, 0.05) is 21.6 Å². The van der Waals surface area contributed by atoms with Crippen molar-refractivity contribution in [3.05, 3.63) is 44.0 Å². The molecular formula is C21H23NO3S2. The number of carbonyl (C=O) groups excluding carboxylic acids is 1. The van der Waals surface area contributed by atoms with Crippen LogP contribution in [0.4, 0.5) is 5.69 Å². The predicted molar refractivity (Wildman–Crippen MR) is 113 cm³/mol. The van der Waals surface area contributed by atoms with Crippen molar-refractivity contribution in [1.29, 1.82) is 0 Å². The Morgan fingerprint density at radius 3 is 2.85 bits per heavy atom. The second-order valence-electron chi connectivity index (χ2n) is 7.01. The number of hydrogen-bond acceptors (Lipinski definition) is 5. The Labute approximate surface area is 168 Å². The Bertz CT molecular complexity index is 916. The fourth-order valence-corrected chi connectivity index (χ4v) is 6.31. The van der Waals surface area contributed by atoms with E-state index in [1.54, 1.807) is 43.7 Å². The standard InChI is InChI=1S/C21H23NO3S2/c1-12-4-6-14-15-11-26-20(10-19(15)27-18(14)8-12)21(23)22-16-9-13(24-2)5-7-17(16)25-3/h5,7,9-10,12H,4,6,8,11H2,1-3H3,(H,22,23)/t12-/m1/s1. The third-order valence-corrected chi connectivity index (χ3v) is 7.46. The Hall–Kier alpha value is -1.92. The summed E-state index contributed by atoms with van der Waals surface area (Å²) in [5, 5.41) is 2.98. The highest BCUT2D eigenvalue weighted by Gasteiger charge is 2.27. The second kappa shape index (κ2) is 7.60. The van der Waals surface area contributed by atoms with E-state index in [2.05, 4.69) is 18.3 Å². The highest BCUT2D eigenvalue weighted by Crippen LogP contribution is 2.44. The summed E-state index contributed by atoms with van der Waals surface area (Å²) in [5.41, 5.74) is 3.61. The first-order chi connectivity index (χ1) is 13.1. The van der Waals surface area contributed by atoms with Gasteiger partial charge in [-0.15, -0.1) is 23.1 Å². The first kappa shape index (κ1) is 18.4. The average molecular weight is 402 g/mol. The van der Waals surface area contributed by atoms with Crippen molar-refractivity contribution in [1.82, 2.24) is 0 Å². The zero-order chi connectivity index (χ0) is 19.0. The number of ether oxygens (including phenoxy) is 2. The molecule has 2 heterocycles. The molecule has 0 saturated heterocycles.